The number of nitriles is 1. The van der Waals surface area contributed by atoms with E-state index in [1.165, 1.54) is 6.07 Å². The zero-order valence-electron chi connectivity index (χ0n) is 8.64. The first-order valence-corrected chi connectivity index (χ1v) is 4.92. The van der Waals surface area contributed by atoms with E-state index in [1.54, 1.807) is 18.0 Å². The van der Waals surface area contributed by atoms with Crippen LogP contribution in [0.15, 0.2) is 12.1 Å². The number of aromatic nitrogens is 1. The van der Waals surface area contributed by atoms with Gasteiger partial charge in [-0.05, 0) is 12.1 Å². The molecule has 0 atom stereocenters. The molecule has 1 aromatic heterocycles. The van der Waals surface area contributed by atoms with Crippen LogP contribution in [-0.4, -0.2) is 29.7 Å². The zero-order valence-corrected chi connectivity index (χ0v) is 9.40. The van der Waals surface area contributed by atoms with Crippen molar-refractivity contribution < 1.29 is 9.90 Å². The van der Waals surface area contributed by atoms with Gasteiger partial charge in [0.25, 0.3) is 0 Å². The van der Waals surface area contributed by atoms with E-state index >= 15 is 0 Å². The third kappa shape index (κ3) is 2.84. The number of rotatable bonds is 4. The molecule has 0 amide bonds. The fourth-order valence-corrected chi connectivity index (χ4v) is 1.31. The van der Waals surface area contributed by atoms with Gasteiger partial charge >= 0.3 is 5.97 Å². The largest absolute Gasteiger partial charge is 0.476 e. The van der Waals surface area contributed by atoms with Gasteiger partial charge in [0, 0.05) is 13.6 Å². The van der Waals surface area contributed by atoms with Crippen LogP contribution in [0.25, 0.3) is 0 Å². The highest BCUT2D eigenvalue weighted by atomic mass is 35.5. The summed E-state index contributed by atoms with van der Waals surface area (Å²) in [7, 11) is 1.74. The summed E-state index contributed by atoms with van der Waals surface area (Å²) in [6, 6.07) is 5.10. The number of hydrogen-bond donors (Lipinski definition) is 1. The molecule has 0 aliphatic heterocycles. The second-order valence-corrected chi connectivity index (χ2v) is 3.54. The van der Waals surface area contributed by atoms with Crippen LogP contribution in [0.5, 0.6) is 0 Å². The molecule has 0 spiro atoms. The summed E-state index contributed by atoms with van der Waals surface area (Å²) in [5.74, 6) is -0.683. The standard InChI is InChI=1S/C10H10ClN3O2/c1-14(6-2-5-12)8-4-3-7(11)9(13-8)10(15)16/h3-4H,2,6H2,1H3,(H,15,16). The Morgan fingerprint density at radius 3 is 2.94 bits per heavy atom. The van der Waals surface area contributed by atoms with Gasteiger partial charge in [0.15, 0.2) is 5.69 Å². The van der Waals surface area contributed by atoms with E-state index in [0.29, 0.717) is 18.8 Å². The lowest BCUT2D eigenvalue weighted by Gasteiger charge is -2.16. The van der Waals surface area contributed by atoms with E-state index < -0.39 is 5.97 Å². The lowest BCUT2D eigenvalue weighted by Crippen LogP contribution is -2.20. The van der Waals surface area contributed by atoms with E-state index in [-0.39, 0.29) is 10.7 Å². The topological polar surface area (TPSA) is 77.2 Å². The molecule has 0 unspecified atom stereocenters. The number of nitrogens with zero attached hydrogens (tertiary/aromatic N) is 3. The summed E-state index contributed by atoms with van der Waals surface area (Å²) in [5.41, 5.74) is -0.178. The number of aromatic carboxylic acids is 1. The summed E-state index contributed by atoms with van der Waals surface area (Å²) in [6.07, 6.45) is 0.350. The van der Waals surface area contributed by atoms with Crippen LogP contribution in [0.4, 0.5) is 5.82 Å². The van der Waals surface area contributed by atoms with E-state index in [4.69, 9.17) is 22.0 Å². The van der Waals surface area contributed by atoms with E-state index in [0.717, 1.165) is 0 Å². The molecule has 0 radical (unpaired) electrons. The molecule has 0 saturated heterocycles. The average Bonchev–Trinajstić information content (AvgIpc) is 2.26. The minimum absolute atomic E-state index is 0.102. The number of carbonyl (C=O) groups is 1. The fourth-order valence-electron chi connectivity index (χ4n) is 1.13. The SMILES string of the molecule is CN(CCC#N)c1ccc(Cl)c(C(=O)O)n1. The first kappa shape index (κ1) is 12.3. The van der Waals surface area contributed by atoms with Crippen molar-refractivity contribution in [1.82, 2.24) is 4.98 Å². The molecule has 0 saturated carbocycles. The lowest BCUT2D eigenvalue weighted by molar-refractivity contribution is 0.0691. The number of carboxylic acids is 1. The van der Waals surface area contributed by atoms with Crippen LogP contribution in [0.1, 0.15) is 16.9 Å². The smallest absolute Gasteiger partial charge is 0.356 e. The Kier molecular flexibility index (Phi) is 4.09. The van der Waals surface area contributed by atoms with Gasteiger partial charge < -0.3 is 10.0 Å². The maximum atomic E-state index is 10.8. The molecule has 16 heavy (non-hydrogen) atoms. The van der Waals surface area contributed by atoms with Crippen LogP contribution < -0.4 is 4.90 Å². The molecule has 0 bridgehead atoms. The van der Waals surface area contributed by atoms with Gasteiger partial charge in [-0.2, -0.15) is 5.26 Å². The monoisotopic (exact) mass is 239 g/mol. The van der Waals surface area contributed by atoms with Crippen LogP contribution in [0, 0.1) is 11.3 Å². The van der Waals surface area contributed by atoms with Crippen molar-refractivity contribution in [2.75, 3.05) is 18.5 Å². The molecule has 1 rings (SSSR count). The van der Waals surface area contributed by atoms with Gasteiger partial charge in [-0.15, -0.1) is 0 Å². The Balaban J connectivity index is 2.94. The highest BCUT2D eigenvalue weighted by Gasteiger charge is 2.12. The number of hydrogen-bond acceptors (Lipinski definition) is 4. The van der Waals surface area contributed by atoms with E-state index in [2.05, 4.69) is 4.98 Å². The van der Waals surface area contributed by atoms with Gasteiger partial charge in [0.05, 0.1) is 17.5 Å². The maximum Gasteiger partial charge on any atom is 0.356 e. The van der Waals surface area contributed by atoms with Gasteiger partial charge in [0.2, 0.25) is 0 Å². The Labute approximate surface area is 97.9 Å². The summed E-state index contributed by atoms with van der Waals surface area (Å²) in [6.45, 7) is 0.490. The second kappa shape index (κ2) is 5.33. The van der Waals surface area contributed by atoms with Gasteiger partial charge in [-0.1, -0.05) is 11.6 Å². The number of anilines is 1. The molecule has 0 aliphatic rings. The molecular formula is C10H10ClN3O2. The third-order valence-corrected chi connectivity index (χ3v) is 2.29. The minimum atomic E-state index is -1.17. The number of pyridine rings is 1. The predicted octanol–water partition coefficient (Wildman–Crippen LogP) is 1.78. The summed E-state index contributed by atoms with van der Waals surface area (Å²) < 4.78 is 0. The van der Waals surface area contributed by atoms with Gasteiger partial charge in [-0.25, -0.2) is 9.78 Å². The third-order valence-electron chi connectivity index (χ3n) is 1.98. The second-order valence-electron chi connectivity index (χ2n) is 3.13. The van der Waals surface area contributed by atoms with Gasteiger partial charge in [-0.3, -0.25) is 0 Å². The van der Waals surface area contributed by atoms with Crippen molar-refractivity contribution >= 4 is 23.4 Å². The van der Waals surface area contributed by atoms with Crippen LogP contribution in [0.3, 0.4) is 0 Å². The Morgan fingerprint density at radius 2 is 2.38 bits per heavy atom. The highest BCUT2D eigenvalue weighted by molar-refractivity contribution is 6.33. The summed E-state index contributed by atoms with van der Waals surface area (Å²) >= 11 is 5.69. The Hall–Kier alpha value is -1.80. The molecule has 0 fully saturated rings. The zero-order chi connectivity index (χ0) is 12.1. The fraction of sp³-hybridized carbons (Fsp3) is 0.300. The highest BCUT2D eigenvalue weighted by Crippen LogP contribution is 2.18. The lowest BCUT2D eigenvalue weighted by atomic mass is 10.3. The first-order chi connectivity index (χ1) is 7.56. The summed E-state index contributed by atoms with van der Waals surface area (Å²) in [5, 5.41) is 17.4. The Morgan fingerprint density at radius 1 is 1.69 bits per heavy atom. The van der Waals surface area contributed by atoms with Crippen molar-refractivity contribution in [3.8, 4) is 6.07 Å². The first-order valence-electron chi connectivity index (χ1n) is 4.54. The molecule has 0 aliphatic carbocycles. The van der Waals surface area contributed by atoms with Crippen LogP contribution in [0.2, 0.25) is 5.02 Å². The molecule has 1 heterocycles. The summed E-state index contributed by atoms with van der Waals surface area (Å²) in [4.78, 5) is 16.4. The van der Waals surface area contributed by atoms with E-state index in [9.17, 15) is 4.79 Å². The normalized spacial score (nSPS) is 9.56. The van der Waals surface area contributed by atoms with Crippen LogP contribution >= 0.6 is 11.6 Å². The number of carboxylic acid groups (broad SMARTS) is 1. The Bertz CT molecular complexity index is 442. The van der Waals surface area contributed by atoms with Crippen molar-refractivity contribution in [2.24, 2.45) is 0 Å². The van der Waals surface area contributed by atoms with Crippen LogP contribution in [-0.2, 0) is 0 Å². The molecule has 6 heteroatoms. The minimum Gasteiger partial charge on any atom is -0.476 e. The molecular weight excluding hydrogens is 230 g/mol. The maximum absolute atomic E-state index is 10.8. The predicted molar refractivity (Wildman–Crippen MR) is 59.7 cm³/mol. The van der Waals surface area contributed by atoms with Crippen molar-refractivity contribution in [2.45, 2.75) is 6.42 Å². The van der Waals surface area contributed by atoms with Crippen molar-refractivity contribution in [3.05, 3.63) is 22.8 Å². The van der Waals surface area contributed by atoms with E-state index in [1.807, 2.05) is 6.07 Å². The van der Waals surface area contributed by atoms with Crippen molar-refractivity contribution in [1.29, 1.82) is 5.26 Å². The number of halogens is 1. The molecule has 5 nitrogen and oxygen atoms in total. The molecule has 0 aromatic carbocycles. The quantitative estimate of drug-likeness (QED) is 0.867. The van der Waals surface area contributed by atoms with Gasteiger partial charge in [0.1, 0.15) is 5.82 Å². The molecule has 1 aromatic rings. The molecule has 1 N–H and O–H groups in total. The molecule has 84 valence electrons. The average molecular weight is 240 g/mol. The van der Waals surface area contributed by atoms with Crippen molar-refractivity contribution in [3.63, 3.8) is 0 Å².